The molecule has 1 aromatic heterocycles. The molecule has 9 heteroatoms. The zero-order valence-corrected chi connectivity index (χ0v) is 22.2. The van der Waals surface area contributed by atoms with Crippen molar-refractivity contribution >= 4 is 11.8 Å². The van der Waals surface area contributed by atoms with E-state index in [1.807, 2.05) is 40.0 Å². The van der Waals surface area contributed by atoms with Crippen molar-refractivity contribution in [3.63, 3.8) is 0 Å². The number of nitrogens with zero attached hydrogens (tertiary/aromatic N) is 2. The number of likely N-dealkylation sites (N-methyl/N-ethyl adjacent to an activating group) is 1. The van der Waals surface area contributed by atoms with Crippen LogP contribution in [0.4, 0.5) is 4.39 Å². The highest BCUT2D eigenvalue weighted by molar-refractivity contribution is 5.96. The van der Waals surface area contributed by atoms with Crippen molar-refractivity contribution in [1.29, 1.82) is 0 Å². The molecule has 4 rings (SSSR count). The van der Waals surface area contributed by atoms with E-state index < -0.39 is 0 Å². The molecule has 1 unspecified atom stereocenters. The van der Waals surface area contributed by atoms with Crippen LogP contribution in [0.1, 0.15) is 64.1 Å². The van der Waals surface area contributed by atoms with Crippen LogP contribution >= 0.6 is 0 Å². The van der Waals surface area contributed by atoms with E-state index in [0.29, 0.717) is 17.5 Å². The second-order valence-electron chi connectivity index (χ2n) is 9.96. The number of carbonyl (C=O) groups excluding carboxylic acids is 2. The average Bonchev–Trinajstić information content (AvgIpc) is 3.35. The lowest BCUT2D eigenvalue weighted by molar-refractivity contribution is -0.133. The van der Waals surface area contributed by atoms with Crippen molar-refractivity contribution < 1.29 is 14.0 Å². The van der Waals surface area contributed by atoms with Gasteiger partial charge in [-0.15, -0.1) is 0 Å². The van der Waals surface area contributed by atoms with Crippen molar-refractivity contribution in [2.45, 2.75) is 58.2 Å². The Morgan fingerprint density at radius 1 is 1.13 bits per heavy atom. The number of rotatable bonds is 8. The van der Waals surface area contributed by atoms with Gasteiger partial charge in [-0.1, -0.05) is 18.2 Å². The van der Waals surface area contributed by atoms with Crippen molar-refractivity contribution in [3.05, 3.63) is 98.2 Å². The molecule has 2 amide bonds. The number of likely N-dealkylation sites (tertiary alicyclic amines) is 1. The first-order chi connectivity index (χ1) is 18.2. The van der Waals surface area contributed by atoms with Gasteiger partial charge in [0, 0.05) is 29.6 Å². The molecular formula is C29H34FN5O3. The van der Waals surface area contributed by atoms with E-state index in [1.165, 1.54) is 12.1 Å². The topological polar surface area (TPSA) is 107 Å². The molecule has 0 bridgehead atoms. The highest BCUT2D eigenvalue weighted by Gasteiger charge is 2.40. The fraction of sp³-hybridized carbons (Fsp3) is 0.379. The summed E-state index contributed by atoms with van der Waals surface area (Å²) in [7, 11) is 1.85. The smallest absolute Gasteiger partial charge is 0.267 e. The monoisotopic (exact) mass is 519 g/mol. The zero-order chi connectivity index (χ0) is 27.4. The van der Waals surface area contributed by atoms with Crippen LogP contribution in [0.5, 0.6) is 0 Å². The fourth-order valence-corrected chi connectivity index (χ4v) is 5.20. The number of carbonyl (C=O) groups is 2. The number of aromatic amines is 1. The molecule has 1 aliphatic rings. The molecule has 3 N–H and O–H groups in total. The van der Waals surface area contributed by atoms with Crippen molar-refractivity contribution in [1.82, 2.24) is 25.7 Å². The fourth-order valence-electron chi connectivity index (χ4n) is 5.20. The SMILES string of the molecule is CNC(C)[C@H]1CC[C@@H](c2cccc(F)c2)N1C(=O)CNC(=O)c1ccc(Cc2cc(C)n[nH]c2=O)c(C)c1. The lowest BCUT2D eigenvalue weighted by atomic mass is 9.99. The minimum absolute atomic E-state index is 0.0415. The van der Waals surface area contributed by atoms with Gasteiger partial charge in [-0.05, 0) is 87.7 Å². The van der Waals surface area contributed by atoms with E-state index in [-0.39, 0.29) is 47.9 Å². The number of nitrogens with one attached hydrogen (secondary N) is 3. The second-order valence-corrected chi connectivity index (χ2v) is 9.96. The normalized spacial score (nSPS) is 17.9. The third-order valence-electron chi connectivity index (χ3n) is 7.38. The summed E-state index contributed by atoms with van der Waals surface area (Å²) in [5, 5.41) is 12.4. The van der Waals surface area contributed by atoms with Gasteiger partial charge in [-0.2, -0.15) is 5.10 Å². The van der Waals surface area contributed by atoms with Crippen LogP contribution < -0.4 is 16.2 Å². The summed E-state index contributed by atoms with van der Waals surface area (Å²) in [6.45, 7) is 5.55. The van der Waals surface area contributed by atoms with Gasteiger partial charge in [0.25, 0.3) is 11.5 Å². The molecule has 0 aliphatic carbocycles. The molecule has 38 heavy (non-hydrogen) atoms. The number of halogens is 1. The summed E-state index contributed by atoms with van der Waals surface area (Å²) in [4.78, 5) is 40.2. The van der Waals surface area contributed by atoms with Crippen LogP contribution in [-0.4, -0.2) is 52.6 Å². The van der Waals surface area contributed by atoms with E-state index in [1.54, 1.807) is 29.2 Å². The molecule has 1 saturated heterocycles. The summed E-state index contributed by atoms with van der Waals surface area (Å²) in [5.41, 5.74) is 4.07. The van der Waals surface area contributed by atoms with E-state index in [0.717, 1.165) is 35.2 Å². The van der Waals surface area contributed by atoms with Gasteiger partial charge in [0.1, 0.15) is 5.82 Å². The molecule has 8 nitrogen and oxygen atoms in total. The Morgan fingerprint density at radius 2 is 1.92 bits per heavy atom. The molecular weight excluding hydrogens is 485 g/mol. The van der Waals surface area contributed by atoms with Gasteiger partial charge >= 0.3 is 0 Å². The van der Waals surface area contributed by atoms with Crippen LogP contribution in [0, 0.1) is 19.7 Å². The van der Waals surface area contributed by atoms with Crippen LogP contribution in [-0.2, 0) is 11.2 Å². The maximum absolute atomic E-state index is 13.9. The first kappa shape index (κ1) is 27.2. The lowest BCUT2D eigenvalue weighted by Crippen LogP contribution is -2.50. The van der Waals surface area contributed by atoms with Crippen LogP contribution in [0.2, 0.25) is 0 Å². The summed E-state index contributed by atoms with van der Waals surface area (Å²) in [6.07, 6.45) is 1.93. The molecule has 1 aliphatic heterocycles. The molecule has 0 saturated carbocycles. The average molecular weight is 520 g/mol. The number of aryl methyl sites for hydroxylation is 2. The Morgan fingerprint density at radius 3 is 2.63 bits per heavy atom. The Kier molecular flexibility index (Phi) is 8.36. The quantitative estimate of drug-likeness (QED) is 0.424. The molecule has 0 radical (unpaired) electrons. The highest BCUT2D eigenvalue weighted by atomic mass is 19.1. The molecule has 3 aromatic rings. The number of benzene rings is 2. The van der Waals surface area contributed by atoms with Gasteiger partial charge in [0.05, 0.1) is 18.3 Å². The predicted molar refractivity (Wildman–Crippen MR) is 143 cm³/mol. The molecule has 1 fully saturated rings. The molecule has 200 valence electrons. The predicted octanol–water partition coefficient (Wildman–Crippen LogP) is 3.19. The number of aromatic nitrogens is 2. The first-order valence-electron chi connectivity index (χ1n) is 12.8. The maximum Gasteiger partial charge on any atom is 0.267 e. The summed E-state index contributed by atoms with van der Waals surface area (Å²) in [6, 6.07) is 13.1. The third-order valence-corrected chi connectivity index (χ3v) is 7.38. The minimum Gasteiger partial charge on any atom is -0.343 e. The maximum atomic E-state index is 13.9. The Bertz CT molecular complexity index is 1390. The van der Waals surface area contributed by atoms with Crippen molar-refractivity contribution in [3.8, 4) is 0 Å². The third kappa shape index (κ3) is 5.99. The van der Waals surface area contributed by atoms with Gasteiger partial charge in [0.15, 0.2) is 0 Å². The Hall–Kier alpha value is -3.85. The van der Waals surface area contributed by atoms with Gasteiger partial charge in [-0.3, -0.25) is 14.4 Å². The molecule has 3 atom stereocenters. The number of amides is 2. The minimum atomic E-state index is -0.356. The van der Waals surface area contributed by atoms with E-state index in [4.69, 9.17) is 0 Å². The summed E-state index contributed by atoms with van der Waals surface area (Å²) in [5.74, 6) is -0.904. The van der Waals surface area contributed by atoms with Crippen LogP contribution in [0.3, 0.4) is 0 Å². The number of hydrogen-bond acceptors (Lipinski definition) is 5. The zero-order valence-electron chi connectivity index (χ0n) is 22.2. The van der Waals surface area contributed by atoms with Gasteiger partial charge in [-0.25, -0.2) is 9.49 Å². The lowest BCUT2D eigenvalue weighted by Gasteiger charge is -2.34. The second kappa shape index (κ2) is 11.7. The molecule has 2 heterocycles. The standard InChI is InChI=1S/C29H34FN5O3/c1-17-12-22(9-8-20(17)14-23-13-18(2)33-34-29(23)38)28(37)32-16-27(36)35-25(19(3)31-4)10-11-26(35)21-6-5-7-24(30)15-21/h5-9,12-13,15,19,25-26,31H,10-11,14,16H2,1-4H3,(H,32,37)(H,34,38)/t19?,25-,26+/m1/s1. The van der Waals surface area contributed by atoms with E-state index in [2.05, 4.69) is 20.8 Å². The molecule has 0 spiro atoms. The number of hydrogen-bond donors (Lipinski definition) is 3. The first-order valence-corrected chi connectivity index (χ1v) is 12.8. The Labute approximate surface area is 221 Å². The van der Waals surface area contributed by atoms with Crippen molar-refractivity contribution in [2.24, 2.45) is 0 Å². The number of H-pyrrole nitrogens is 1. The molecule has 2 aromatic carbocycles. The van der Waals surface area contributed by atoms with Crippen LogP contribution in [0.15, 0.2) is 53.3 Å². The highest BCUT2D eigenvalue weighted by Crippen LogP contribution is 2.37. The van der Waals surface area contributed by atoms with E-state index in [9.17, 15) is 18.8 Å². The summed E-state index contributed by atoms with van der Waals surface area (Å²) < 4.78 is 13.9. The van der Waals surface area contributed by atoms with Crippen molar-refractivity contribution in [2.75, 3.05) is 13.6 Å². The van der Waals surface area contributed by atoms with Gasteiger partial charge < -0.3 is 15.5 Å². The largest absolute Gasteiger partial charge is 0.343 e. The van der Waals surface area contributed by atoms with E-state index >= 15 is 0 Å². The van der Waals surface area contributed by atoms with Gasteiger partial charge in [0.2, 0.25) is 5.91 Å². The Balaban J connectivity index is 1.46. The summed E-state index contributed by atoms with van der Waals surface area (Å²) >= 11 is 0. The van der Waals surface area contributed by atoms with Crippen LogP contribution in [0.25, 0.3) is 0 Å².